The molecule has 1 fully saturated rings. The van der Waals surface area contributed by atoms with Crippen molar-refractivity contribution in [2.24, 2.45) is 5.92 Å². The first kappa shape index (κ1) is 18.4. The van der Waals surface area contributed by atoms with Crippen molar-refractivity contribution in [1.82, 2.24) is 19.4 Å². The fourth-order valence-corrected chi connectivity index (χ4v) is 3.97. The van der Waals surface area contributed by atoms with Crippen LogP contribution >= 0.6 is 0 Å². The molecule has 0 aromatic carbocycles. The number of rotatable bonds is 7. The van der Waals surface area contributed by atoms with Crippen LogP contribution < -0.4 is 4.74 Å². The van der Waals surface area contributed by atoms with Gasteiger partial charge in [0.15, 0.2) is 0 Å². The quantitative estimate of drug-likeness (QED) is 0.743. The Hall–Kier alpha value is -1.96. The molecule has 2 aliphatic heterocycles. The van der Waals surface area contributed by atoms with E-state index < -0.39 is 0 Å². The van der Waals surface area contributed by atoms with Gasteiger partial charge in [0, 0.05) is 57.4 Å². The van der Waals surface area contributed by atoms with Crippen LogP contribution in [0.1, 0.15) is 30.1 Å². The van der Waals surface area contributed by atoms with Gasteiger partial charge in [0.25, 0.3) is 0 Å². The first-order chi connectivity index (χ1) is 13.3. The van der Waals surface area contributed by atoms with Gasteiger partial charge in [0.05, 0.1) is 31.8 Å². The Morgan fingerprint density at radius 1 is 1.26 bits per heavy atom. The van der Waals surface area contributed by atoms with Crippen molar-refractivity contribution in [3.05, 3.63) is 42.1 Å². The van der Waals surface area contributed by atoms with Gasteiger partial charge in [-0.25, -0.2) is 9.97 Å². The van der Waals surface area contributed by atoms with E-state index in [1.54, 1.807) is 13.3 Å². The Balaban J connectivity index is 1.38. The molecular weight excluding hydrogens is 344 g/mol. The van der Waals surface area contributed by atoms with Crippen molar-refractivity contribution >= 4 is 0 Å². The largest absolute Gasteiger partial charge is 0.481 e. The van der Waals surface area contributed by atoms with Gasteiger partial charge in [-0.05, 0) is 24.8 Å². The summed E-state index contributed by atoms with van der Waals surface area (Å²) in [5, 5.41) is 0. The molecule has 0 spiro atoms. The van der Waals surface area contributed by atoms with E-state index in [0.717, 1.165) is 57.9 Å². The normalized spacial score (nSPS) is 21.1. The number of pyridine rings is 1. The molecule has 4 heterocycles. The minimum absolute atomic E-state index is 0.277. The van der Waals surface area contributed by atoms with E-state index in [4.69, 9.17) is 14.2 Å². The molecule has 0 N–H and O–H groups in total. The molecule has 0 amide bonds. The predicted molar refractivity (Wildman–Crippen MR) is 101 cm³/mol. The maximum Gasteiger partial charge on any atom is 0.217 e. The van der Waals surface area contributed by atoms with Crippen LogP contribution in [-0.2, 0) is 22.6 Å². The smallest absolute Gasteiger partial charge is 0.217 e. The van der Waals surface area contributed by atoms with Gasteiger partial charge in [-0.3, -0.25) is 4.90 Å². The summed E-state index contributed by atoms with van der Waals surface area (Å²) >= 11 is 0. The third-order valence-corrected chi connectivity index (χ3v) is 5.44. The lowest BCUT2D eigenvalue weighted by atomic mass is 10.0. The average molecular weight is 372 g/mol. The molecule has 0 aliphatic carbocycles. The highest BCUT2D eigenvalue weighted by molar-refractivity contribution is 5.25. The lowest BCUT2D eigenvalue weighted by Crippen LogP contribution is -2.38. The third-order valence-electron chi connectivity index (χ3n) is 5.44. The topological polar surface area (TPSA) is 61.6 Å². The van der Waals surface area contributed by atoms with E-state index in [1.165, 1.54) is 5.69 Å². The molecule has 1 saturated heterocycles. The van der Waals surface area contributed by atoms with Gasteiger partial charge in [-0.2, -0.15) is 0 Å². The zero-order chi connectivity index (χ0) is 18.5. The van der Waals surface area contributed by atoms with Crippen LogP contribution in [0.15, 0.2) is 30.9 Å². The molecule has 0 unspecified atom stereocenters. The van der Waals surface area contributed by atoms with E-state index in [0.29, 0.717) is 18.4 Å². The van der Waals surface area contributed by atoms with Gasteiger partial charge in [-0.15, -0.1) is 0 Å². The molecular formula is C20H28N4O3. The highest BCUT2D eigenvalue weighted by Crippen LogP contribution is 2.25. The fraction of sp³-hybridized carbons (Fsp3) is 0.600. The van der Waals surface area contributed by atoms with Crippen LogP contribution in [0.5, 0.6) is 5.88 Å². The predicted octanol–water partition coefficient (Wildman–Crippen LogP) is 2.29. The summed E-state index contributed by atoms with van der Waals surface area (Å²) in [4.78, 5) is 11.1. The number of ether oxygens (including phenoxy) is 3. The van der Waals surface area contributed by atoms with Crippen LogP contribution in [0.4, 0.5) is 0 Å². The summed E-state index contributed by atoms with van der Waals surface area (Å²) in [6.07, 6.45) is 7.86. The zero-order valence-electron chi connectivity index (χ0n) is 15.9. The lowest BCUT2D eigenvalue weighted by Gasteiger charge is -2.34. The van der Waals surface area contributed by atoms with Crippen molar-refractivity contribution in [2.45, 2.75) is 32.0 Å². The van der Waals surface area contributed by atoms with Crippen LogP contribution in [0.3, 0.4) is 0 Å². The Morgan fingerprint density at radius 3 is 3.00 bits per heavy atom. The summed E-state index contributed by atoms with van der Waals surface area (Å²) in [7, 11) is 1.67. The maximum atomic E-state index is 6.11. The van der Waals surface area contributed by atoms with Gasteiger partial charge in [0.1, 0.15) is 0 Å². The third kappa shape index (κ3) is 4.48. The molecule has 7 nitrogen and oxygen atoms in total. The second kappa shape index (κ2) is 8.82. The molecule has 2 aliphatic rings. The van der Waals surface area contributed by atoms with Gasteiger partial charge in [0.2, 0.25) is 5.88 Å². The van der Waals surface area contributed by atoms with Crippen LogP contribution in [0.2, 0.25) is 0 Å². The molecule has 146 valence electrons. The monoisotopic (exact) mass is 372 g/mol. The van der Waals surface area contributed by atoms with Gasteiger partial charge < -0.3 is 18.8 Å². The second-order valence-corrected chi connectivity index (χ2v) is 7.38. The standard InChI is InChI=1S/C20H28N4O3/c1-25-20-17(3-2-6-22-20)10-23-11-18-9-21-15-24(18)19(12-23)14-27-13-16-4-7-26-8-5-16/h2-3,6,9,15-16,19H,4-5,7-8,10-14H2,1H3/t19-/m1/s1. The summed E-state index contributed by atoms with van der Waals surface area (Å²) < 4.78 is 19.2. The zero-order valence-corrected chi connectivity index (χ0v) is 15.9. The Kier molecular flexibility index (Phi) is 6.01. The highest BCUT2D eigenvalue weighted by Gasteiger charge is 2.26. The molecule has 2 aromatic heterocycles. The summed E-state index contributed by atoms with van der Waals surface area (Å²) in [5.74, 6) is 1.32. The minimum atomic E-state index is 0.277. The Bertz CT molecular complexity index is 730. The molecule has 0 radical (unpaired) electrons. The van der Waals surface area contributed by atoms with Crippen molar-refractivity contribution in [2.75, 3.05) is 40.1 Å². The first-order valence-corrected chi connectivity index (χ1v) is 9.70. The number of nitrogens with zero attached hydrogens (tertiary/aromatic N) is 4. The first-order valence-electron chi connectivity index (χ1n) is 9.70. The van der Waals surface area contributed by atoms with E-state index in [9.17, 15) is 0 Å². The van der Waals surface area contributed by atoms with Crippen LogP contribution in [0, 0.1) is 5.92 Å². The molecule has 1 atom stereocenters. The molecule has 27 heavy (non-hydrogen) atoms. The number of imidazole rings is 1. The van der Waals surface area contributed by atoms with E-state index in [2.05, 4.69) is 25.5 Å². The fourth-order valence-electron chi connectivity index (χ4n) is 3.97. The SMILES string of the molecule is COc1ncccc1CN1Cc2cncn2[C@@H](COCC2CCOCC2)C1. The number of hydrogen-bond acceptors (Lipinski definition) is 6. The van der Waals surface area contributed by atoms with E-state index in [-0.39, 0.29) is 6.04 Å². The number of fused-ring (bicyclic) bond motifs is 1. The number of methoxy groups -OCH3 is 1. The molecule has 4 rings (SSSR count). The van der Waals surface area contributed by atoms with Crippen molar-refractivity contribution in [3.8, 4) is 5.88 Å². The molecule has 0 bridgehead atoms. The maximum absolute atomic E-state index is 6.11. The van der Waals surface area contributed by atoms with Crippen molar-refractivity contribution in [3.63, 3.8) is 0 Å². The second-order valence-electron chi connectivity index (χ2n) is 7.38. The van der Waals surface area contributed by atoms with Crippen LogP contribution in [0.25, 0.3) is 0 Å². The van der Waals surface area contributed by atoms with E-state index in [1.807, 2.05) is 18.6 Å². The average Bonchev–Trinajstić information content (AvgIpc) is 3.18. The Morgan fingerprint density at radius 2 is 2.15 bits per heavy atom. The van der Waals surface area contributed by atoms with Crippen LogP contribution in [-0.4, -0.2) is 59.5 Å². The number of hydrogen-bond donors (Lipinski definition) is 0. The molecule has 7 heteroatoms. The van der Waals surface area contributed by atoms with Gasteiger partial charge in [-0.1, -0.05) is 6.07 Å². The summed E-state index contributed by atoms with van der Waals surface area (Å²) in [6.45, 7) is 5.86. The van der Waals surface area contributed by atoms with Crippen molar-refractivity contribution in [1.29, 1.82) is 0 Å². The summed E-state index contributed by atoms with van der Waals surface area (Å²) in [6, 6.07) is 4.31. The lowest BCUT2D eigenvalue weighted by molar-refractivity contribution is 0.00514. The highest BCUT2D eigenvalue weighted by atomic mass is 16.5. The summed E-state index contributed by atoms with van der Waals surface area (Å²) in [5.41, 5.74) is 2.33. The molecule has 0 saturated carbocycles. The minimum Gasteiger partial charge on any atom is -0.481 e. The van der Waals surface area contributed by atoms with Crippen molar-refractivity contribution < 1.29 is 14.2 Å². The Labute approximate surface area is 160 Å². The van der Waals surface area contributed by atoms with E-state index >= 15 is 0 Å². The molecule has 2 aromatic rings. The van der Waals surface area contributed by atoms with Gasteiger partial charge >= 0.3 is 0 Å². The number of aromatic nitrogens is 3.